The van der Waals surface area contributed by atoms with Crippen molar-refractivity contribution in [2.75, 3.05) is 6.54 Å². The Balaban J connectivity index is 1.74. The minimum Gasteiger partial charge on any atom is -0.478 e. The van der Waals surface area contributed by atoms with Gasteiger partial charge in [0.05, 0.1) is 11.6 Å². The van der Waals surface area contributed by atoms with E-state index in [2.05, 4.69) is 14.9 Å². The smallest absolute Gasteiger partial charge is 0.335 e. The lowest BCUT2D eigenvalue weighted by Gasteiger charge is -2.34. The molecule has 1 aliphatic heterocycles. The molecule has 1 aliphatic rings. The van der Waals surface area contributed by atoms with Crippen LogP contribution in [0.5, 0.6) is 0 Å². The molecule has 1 aromatic heterocycles. The molecule has 0 radical (unpaired) electrons. The largest absolute Gasteiger partial charge is 0.478 e. The summed E-state index contributed by atoms with van der Waals surface area (Å²) in [5.41, 5.74) is 1.47. The Bertz CT molecular complexity index is 592. The fourth-order valence-electron chi connectivity index (χ4n) is 2.94. The van der Waals surface area contributed by atoms with E-state index in [0.717, 1.165) is 30.9 Å². The van der Waals surface area contributed by atoms with E-state index in [0.29, 0.717) is 11.6 Å². The minimum absolute atomic E-state index is 0.327. The Kier molecular flexibility index (Phi) is 4.01. The molecule has 1 aromatic carbocycles. The maximum absolute atomic E-state index is 10.9. The fourth-order valence-corrected chi connectivity index (χ4v) is 2.94. The van der Waals surface area contributed by atoms with Crippen LogP contribution in [0.4, 0.5) is 0 Å². The van der Waals surface area contributed by atoms with Crippen LogP contribution in [0, 0.1) is 0 Å². The van der Waals surface area contributed by atoms with Crippen LogP contribution < -0.4 is 0 Å². The van der Waals surface area contributed by atoms with Gasteiger partial charge in [-0.15, -0.1) is 0 Å². The first kappa shape index (κ1) is 13.8. The number of carboxylic acids is 1. The summed E-state index contributed by atoms with van der Waals surface area (Å²) in [7, 11) is 0. The van der Waals surface area contributed by atoms with E-state index in [1.807, 2.05) is 18.3 Å². The van der Waals surface area contributed by atoms with Crippen LogP contribution in [-0.4, -0.2) is 32.5 Å². The van der Waals surface area contributed by atoms with Crippen molar-refractivity contribution in [2.24, 2.45) is 0 Å². The van der Waals surface area contributed by atoms with E-state index in [1.54, 1.807) is 18.3 Å². The monoisotopic (exact) mass is 285 g/mol. The number of benzene rings is 1. The zero-order valence-electron chi connectivity index (χ0n) is 11.8. The van der Waals surface area contributed by atoms with Gasteiger partial charge in [-0.1, -0.05) is 18.6 Å². The normalized spacial score (nSPS) is 19.5. The molecule has 2 aromatic rings. The number of rotatable bonds is 4. The Morgan fingerprint density at radius 2 is 2.14 bits per heavy atom. The minimum atomic E-state index is -0.881. The van der Waals surface area contributed by atoms with Gasteiger partial charge >= 0.3 is 5.97 Å². The van der Waals surface area contributed by atoms with Crippen LogP contribution >= 0.6 is 0 Å². The summed E-state index contributed by atoms with van der Waals surface area (Å²) in [6, 6.07) is 7.47. The first-order chi connectivity index (χ1) is 10.2. The molecule has 110 valence electrons. The number of nitrogens with one attached hydrogen (secondary N) is 1. The molecule has 2 heterocycles. The average molecular weight is 285 g/mol. The molecule has 5 heteroatoms. The van der Waals surface area contributed by atoms with Crippen molar-refractivity contribution in [1.29, 1.82) is 0 Å². The summed E-state index contributed by atoms with van der Waals surface area (Å²) in [6.07, 6.45) is 7.19. The number of piperidine rings is 1. The SMILES string of the molecule is O=C(O)c1ccc(CN2CCCCC2c2ncc[nH]2)cc1. The van der Waals surface area contributed by atoms with Gasteiger partial charge in [0, 0.05) is 18.9 Å². The van der Waals surface area contributed by atoms with Crippen LogP contribution in [0.3, 0.4) is 0 Å². The second-order valence-electron chi connectivity index (χ2n) is 5.46. The predicted octanol–water partition coefficient (Wildman–Crippen LogP) is 2.84. The summed E-state index contributed by atoms with van der Waals surface area (Å²) in [4.78, 5) is 20.9. The van der Waals surface area contributed by atoms with Crippen molar-refractivity contribution in [1.82, 2.24) is 14.9 Å². The van der Waals surface area contributed by atoms with Crippen LogP contribution in [0.1, 0.15) is 47.1 Å². The second kappa shape index (κ2) is 6.10. The Morgan fingerprint density at radius 3 is 2.81 bits per heavy atom. The van der Waals surface area contributed by atoms with Crippen molar-refractivity contribution >= 4 is 5.97 Å². The van der Waals surface area contributed by atoms with E-state index in [4.69, 9.17) is 5.11 Å². The Hall–Kier alpha value is -2.14. The summed E-state index contributed by atoms with van der Waals surface area (Å²) >= 11 is 0. The zero-order chi connectivity index (χ0) is 14.7. The van der Waals surface area contributed by atoms with E-state index < -0.39 is 5.97 Å². The number of H-pyrrole nitrogens is 1. The van der Waals surface area contributed by atoms with Gasteiger partial charge in [0.1, 0.15) is 5.82 Å². The lowest BCUT2D eigenvalue weighted by molar-refractivity contribution is 0.0697. The highest BCUT2D eigenvalue weighted by atomic mass is 16.4. The molecular formula is C16H19N3O2. The molecule has 0 spiro atoms. The van der Waals surface area contributed by atoms with Crippen molar-refractivity contribution in [3.63, 3.8) is 0 Å². The third-order valence-corrected chi connectivity index (χ3v) is 4.04. The second-order valence-corrected chi connectivity index (χ2v) is 5.46. The van der Waals surface area contributed by atoms with Crippen molar-refractivity contribution in [3.8, 4) is 0 Å². The maximum atomic E-state index is 10.9. The molecule has 1 saturated heterocycles. The van der Waals surface area contributed by atoms with E-state index in [1.165, 1.54) is 12.8 Å². The van der Waals surface area contributed by atoms with Gasteiger partial charge in [0.15, 0.2) is 0 Å². The number of carbonyl (C=O) groups is 1. The van der Waals surface area contributed by atoms with Gasteiger partial charge in [-0.05, 0) is 37.1 Å². The predicted molar refractivity (Wildman–Crippen MR) is 79.0 cm³/mol. The van der Waals surface area contributed by atoms with Crippen LogP contribution in [0.25, 0.3) is 0 Å². The molecule has 1 fully saturated rings. The maximum Gasteiger partial charge on any atom is 0.335 e. The summed E-state index contributed by atoms with van der Waals surface area (Å²) in [5, 5.41) is 8.94. The standard InChI is InChI=1S/C16H19N3O2/c20-16(21)13-6-4-12(5-7-13)11-19-10-2-1-3-14(19)15-17-8-9-18-15/h4-9,14H,1-3,10-11H2,(H,17,18)(H,20,21). The fraction of sp³-hybridized carbons (Fsp3) is 0.375. The molecule has 0 amide bonds. The van der Waals surface area contributed by atoms with Gasteiger partial charge in [-0.25, -0.2) is 9.78 Å². The third kappa shape index (κ3) is 3.13. The van der Waals surface area contributed by atoms with Gasteiger partial charge in [0.2, 0.25) is 0 Å². The highest BCUT2D eigenvalue weighted by Crippen LogP contribution is 2.30. The molecule has 1 atom stereocenters. The lowest BCUT2D eigenvalue weighted by Crippen LogP contribution is -2.33. The molecule has 3 rings (SSSR count). The summed E-state index contributed by atoms with van der Waals surface area (Å²) in [6.45, 7) is 1.87. The topological polar surface area (TPSA) is 69.2 Å². The number of carboxylic acid groups (broad SMARTS) is 1. The molecule has 0 bridgehead atoms. The zero-order valence-corrected chi connectivity index (χ0v) is 11.8. The first-order valence-corrected chi connectivity index (χ1v) is 7.29. The van der Waals surface area contributed by atoms with E-state index in [-0.39, 0.29) is 0 Å². The van der Waals surface area contributed by atoms with Gasteiger partial charge in [0.25, 0.3) is 0 Å². The Labute approximate surface area is 123 Å². The molecule has 0 aliphatic carbocycles. The van der Waals surface area contributed by atoms with Crippen molar-refractivity contribution in [2.45, 2.75) is 31.8 Å². The molecule has 0 saturated carbocycles. The number of aromatic amines is 1. The molecule has 21 heavy (non-hydrogen) atoms. The van der Waals surface area contributed by atoms with E-state index in [9.17, 15) is 4.79 Å². The van der Waals surface area contributed by atoms with Crippen molar-refractivity contribution in [3.05, 3.63) is 53.6 Å². The van der Waals surface area contributed by atoms with E-state index >= 15 is 0 Å². The number of aromatic nitrogens is 2. The number of hydrogen-bond donors (Lipinski definition) is 2. The summed E-state index contributed by atoms with van der Waals surface area (Å²) in [5.74, 6) is 0.143. The number of nitrogens with zero attached hydrogens (tertiary/aromatic N) is 2. The summed E-state index contributed by atoms with van der Waals surface area (Å²) < 4.78 is 0. The number of hydrogen-bond acceptors (Lipinski definition) is 3. The van der Waals surface area contributed by atoms with Crippen LogP contribution in [0.15, 0.2) is 36.7 Å². The van der Waals surface area contributed by atoms with Crippen molar-refractivity contribution < 1.29 is 9.90 Å². The first-order valence-electron chi connectivity index (χ1n) is 7.29. The highest BCUT2D eigenvalue weighted by Gasteiger charge is 2.25. The molecule has 1 unspecified atom stereocenters. The highest BCUT2D eigenvalue weighted by molar-refractivity contribution is 5.87. The van der Waals surface area contributed by atoms with Crippen LogP contribution in [-0.2, 0) is 6.54 Å². The number of likely N-dealkylation sites (tertiary alicyclic amines) is 1. The van der Waals surface area contributed by atoms with Crippen LogP contribution in [0.2, 0.25) is 0 Å². The molecule has 2 N–H and O–H groups in total. The Morgan fingerprint density at radius 1 is 1.33 bits per heavy atom. The quantitative estimate of drug-likeness (QED) is 0.906. The lowest BCUT2D eigenvalue weighted by atomic mass is 10.0. The van der Waals surface area contributed by atoms with Gasteiger partial charge in [-0.3, -0.25) is 4.90 Å². The average Bonchev–Trinajstić information content (AvgIpc) is 3.02. The van der Waals surface area contributed by atoms with Gasteiger partial charge in [-0.2, -0.15) is 0 Å². The van der Waals surface area contributed by atoms with Gasteiger partial charge < -0.3 is 10.1 Å². The third-order valence-electron chi connectivity index (χ3n) is 4.04. The molecular weight excluding hydrogens is 266 g/mol. The number of aromatic carboxylic acids is 1. The molecule has 5 nitrogen and oxygen atoms in total. The number of imidazole rings is 1.